The fraction of sp³-hybridized carbons (Fsp3) is 0.294. The number of hydrogen-bond donors (Lipinski definition) is 2. The largest absolute Gasteiger partial charge is 0.507 e. The smallest absolute Gasteiger partial charge is 0.481 e. The number of allylic oxidation sites excluding steroid dienone is 2. The predicted molar refractivity (Wildman–Crippen MR) is 158 cm³/mol. The van der Waals surface area contributed by atoms with Gasteiger partial charge in [-0.1, -0.05) is 55.7 Å². The molecule has 240 valence electrons. The number of benzene rings is 3. The van der Waals surface area contributed by atoms with Crippen molar-refractivity contribution in [1.82, 2.24) is 5.32 Å². The van der Waals surface area contributed by atoms with Gasteiger partial charge in [-0.15, -0.1) is 0 Å². The van der Waals surface area contributed by atoms with E-state index in [2.05, 4.69) is 14.8 Å². The van der Waals surface area contributed by atoms with Crippen LogP contribution in [-0.4, -0.2) is 47.3 Å². The quantitative estimate of drug-likeness (QED) is 0.139. The minimum Gasteiger partial charge on any atom is -0.481 e. The number of aliphatic carboxylic acids is 1. The van der Waals surface area contributed by atoms with Gasteiger partial charge in [0.2, 0.25) is 0 Å². The van der Waals surface area contributed by atoms with Crippen molar-refractivity contribution in [2.24, 2.45) is 0 Å². The standard InChI is InChI=1S/C34H29F4NO7/c35-33(36)34(37,38)46-29-18-25(14-15-28(29)45-33)27(40)19-26(22-8-6-21(7-9-22)20-4-2-1-3-5-20)31(43)23-10-12-24(13-11-23)32(44)39-17-16-30(41)42/h6-15,18-20H,1-5,16-17H2,(H,39,44)(H,41,42). The number of alkyl halides is 4. The van der Waals surface area contributed by atoms with Crippen LogP contribution in [0.4, 0.5) is 17.6 Å². The molecule has 1 fully saturated rings. The summed E-state index contributed by atoms with van der Waals surface area (Å²) in [6.45, 7) is -0.0827. The molecule has 1 aliphatic heterocycles. The first-order valence-electron chi connectivity index (χ1n) is 14.6. The molecule has 46 heavy (non-hydrogen) atoms. The van der Waals surface area contributed by atoms with Crippen molar-refractivity contribution in [2.75, 3.05) is 6.54 Å². The van der Waals surface area contributed by atoms with E-state index in [0.29, 0.717) is 11.5 Å². The third-order valence-corrected chi connectivity index (χ3v) is 7.90. The molecule has 3 aromatic rings. The number of nitrogens with one attached hydrogen (secondary N) is 1. The van der Waals surface area contributed by atoms with Crippen molar-refractivity contribution in [2.45, 2.75) is 56.7 Å². The summed E-state index contributed by atoms with van der Waals surface area (Å²) in [5.74, 6) is -4.05. The SMILES string of the molecule is O=C(O)CCNC(=O)c1ccc(C(=O)C(=CC(=O)c2ccc3c(c2)OC(F)(F)C(F)(F)O3)c2ccc(C3CCCCC3)cc2)cc1. The summed E-state index contributed by atoms with van der Waals surface area (Å²) >= 11 is 0. The lowest BCUT2D eigenvalue weighted by Crippen LogP contribution is -2.52. The molecule has 0 saturated heterocycles. The van der Waals surface area contributed by atoms with Gasteiger partial charge in [0.1, 0.15) is 0 Å². The van der Waals surface area contributed by atoms with Crippen LogP contribution in [0.3, 0.4) is 0 Å². The summed E-state index contributed by atoms with van der Waals surface area (Å²) in [5.41, 5.74) is 1.55. The molecule has 0 spiro atoms. The molecule has 0 radical (unpaired) electrons. The van der Waals surface area contributed by atoms with Gasteiger partial charge < -0.3 is 19.9 Å². The minimum absolute atomic E-state index is 0.0365. The average molecular weight is 640 g/mol. The normalized spacial score (nSPS) is 17.2. The summed E-state index contributed by atoms with van der Waals surface area (Å²) in [6, 6.07) is 15.6. The monoisotopic (exact) mass is 639 g/mol. The molecule has 3 aromatic carbocycles. The van der Waals surface area contributed by atoms with Gasteiger partial charge in [0.15, 0.2) is 23.1 Å². The molecule has 0 atom stereocenters. The molecule has 0 unspecified atom stereocenters. The molecule has 2 aliphatic rings. The molecule has 2 N–H and O–H groups in total. The zero-order valence-corrected chi connectivity index (χ0v) is 24.4. The number of rotatable bonds is 10. The summed E-state index contributed by atoms with van der Waals surface area (Å²) < 4.78 is 62.9. The van der Waals surface area contributed by atoms with E-state index < -0.39 is 47.2 Å². The van der Waals surface area contributed by atoms with Gasteiger partial charge in [-0.3, -0.25) is 19.2 Å². The molecule has 1 saturated carbocycles. The maximum Gasteiger partial charge on any atom is 0.507 e. The maximum absolute atomic E-state index is 13.8. The van der Waals surface area contributed by atoms with Crippen molar-refractivity contribution in [3.05, 3.63) is 101 Å². The molecule has 8 nitrogen and oxygen atoms in total. The van der Waals surface area contributed by atoms with Crippen molar-refractivity contribution < 1.29 is 51.3 Å². The van der Waals surface area contributed by atoms with Crippen LogP contribution in [0.5, 0.6) is 11.5 Å². The van der Waals surface area contributed by atoms with Gasteiger partial charge in [0.25, 0.3) is 5.91 Å². The number of hydrogen-bond acceptors (Lipinski definition) is 6. The number of fused-ring (bicyclic) bond motifs is 1. The van der Waals surface area contributed by atoms with E-state index in [4.69, 9.17) is 5.11 Å². The van der Waals surface area contributed by atoms with Crippen molar-refractivity contribution >= 4 is 29.0 Å². The molecule has 0 aromatic heterocycles. The Morgan fingerprint density at radius 3 is 1.96 bits per heavy atom. The van der Waals surface area contributed by atoms with Gasteiger partial charge in [-0.25, -0.2) is 0 Å². The first kappa shape index (κ1) is 32.4. The van der Waals surface area contributed by atoms with Crippen LogP contribution >= 0.6 is 0 Å². The Bertz CT molecular complexity index is 1680. The molecule has 1 heterocycles. The highest BCUT2D eigenvalue weighted by Crippen LogP contribution is 2.47. The Morgan fingerprint density at radius 2 is 1.33 bits per heavy atom. The third-order valence-electron chi connectivity index (χ3n) is 7.90. The molecule has 1 aliphatic carbocycles. The number of carbonyl (C=O) groups is 4. The first-order valence-corrected chi connectivity index (χ1v) is 14.6. The van der Waals surface area contributed by atoms with Gasteiger partial charge >= 0.3 is 18.2 Å². The van der Waals surface area contributed by atoms with Gasteiger partial charge in [-0.2, -0.15) is 17.6 Å². The molecular weight excluding hydrogens is 610 g/mol. The second-order valence-corrected chi connectivity index (χ2v) is 11.1. The Morgan fingerprint density at radius 1 is 0.761 bits per heavy atom. The number of amides is 1. The predicted octanol–water partition coefficient (Wildman–Crippen LogP) is 7.04. The number of carboxylic acids is 1. The molecule has 5 rings (SSSR count). The highest BCUT2D eigenvalue weighted by atomic mass is 19.3. The number of halogens is 4. The van der Waals surface area contributed by atoms with E-state index in [1.54, 1.807) is 12.1 Å². The molecule has 0 bridgehead atoms. The van der Waals surface area contributed by atoms with E-state index >= 15 is 0 Å². The van der Waals surface area contributed by atoms with Crippen LogP contribution in [-0.2, 0) is 4.79 Å². The molecule has 1 amide bonds. The van der Waals surface area contributed by atoms with E-state index in [-0.39, 0.29) is 35.2 Å². The fourth-order valence-electron chi connectivity index (χ4n) is 5.40. The second kappa shape index (κ2) is 13.2. The Labute approximate surface area is 261 Å². The maximum atomic E-state index is 13.8. The minimum atomic E-state index is -4.97. The summed E-state index contributed by atoms with van der Waals surface area (Å²) in [5, 5.41) is 11.2. The van der Waals surface area contributed by atoms with Crippen molar-refractivity contribution in [3.63, 3.8) is 0 Å². The summed E-state index contributed by atoms with van der Waals surface area (Å²) in [4.78, 5) is 50.3. The summed E-state index contributed by atoms with van der Waals surface area (Å²) in [6.07, 6.45) is -3.60. The van der Waals surface area contributed by atoms with E-state index in [1.165, 1.54) is 30.7 Å². The average Bonchev–Trinajstić information content (AvgIpc) is 3.03. The number of carboxylic acid groups (broad SMARTS) is 1. The zero-order valence-electron chi connectivity index (χ0n) is 24.4. The Hall–Kier alpha value is -5.00. The van der Waals surface area contributed by atoms with E-state index in [1.807, 2.05) is 12.1 Å². The fourth-order valence-corrected chi connectivity index (χ4v) is 5.40. The van der Waals surface area contributed by atoms with Crippen LogP contribution in [0.1, 0.15) is 86.6 Å². The number of Topliss-reactive ketones (excluding diaryl/α,β-unsaturated/α-hetero) is 1. The van der Waals surface area contributed by atoms with Crippen LogP contribution in [0, 0.1) is 0 Å². The van der Waals surface area contributed by atoms with Crippen molar-refractivity contribution in [3.8, 4) is 11.5 Å². The Kier molecular flexibility index (Phi) is 9.27. The number of ether oxygens (including phenoxy) is 2. The number of ketones is 2. The Balaban J connectivity index is 1.45. The summed E-state index contributed by atoms with van der Waals surface area (Å²) in [7, 11) is 0. The highest BCUT2D eigenvalue weighted by Gasteiger charge is 2.66. The van der Waals surface area contributed by atoms with Crippen LogP contribution < -0.4 is 14.8 Å². The van der Waals surface area contributed by atoms with E-state index in [0.717, 1.165) is 55.5 Å². The van der Waals surface area contributed by atoms with Crippen LogP contribution in [0.15, 0.2) is 72.8 Å². The second-order valence-electron chi connectivity index (χ2n) is 11.1. The molecular formula is C34H29F4NO7. The van der Waals surface area contributed by atoms with Crippen LogP contribution in [0.2, 0.25) is 0 Å². The van der Waals surface area contributed by atoms with E-state index in [9.17, 15) is 36.7 Å². The number of carbonyl (C=O) groups excluding carboxylic acids is 3. The topological polar surface area (TPSA) is 119 Å². The van der Waals surface area contributed by atoms with Gasteiger partial charge in [0.05, 0.1) is 6.42 Å². The van der Waals surface area contributed by atoms with Crippen molar-refractivity contribution in [1.29, 1.82) is 0 Å². The zero-order chi connectivity index (χ0) is 33.1. The van der Waals surface area contributed by atoms with Crippen LogP contribution in [0.25, 0.3) is 5.57 Å². The lowest BCUT2D eigenvalue weighted by molar-refractivity contribution is -0.391. The lowest BCUT2D eigenvalue weighted by Gasteiger charge is -2.31. The lowest BCUT2D eigenvalue weighted by atomic mass is 9.83. The molecule has 12 heteroatoms. The highest BCUT2D eigenvalue weighted by molar-refractivity contribution is 6.32. The van der Waals surface area contributed by atoms with Gasteiger partial charge in [0, 0.05) is 28.8 Å². The third kappa shape index (κ3) is 7.11. The van der Waals surface area contributed by atoms with Gasteiger partial charge in [-0.05, 0) is 66.3 Å². The first-order chi connectivity index (χ1) is 21.8.